The average Bonchev–Trinajstić information content (AvgIpc) is 3.27. The van der Waals surface area contributed by atoms with Crippen LogP contribution in [-0.2, 0) is 33.7 Å². The SMILES string of the molecule is CCN(Cc1ccc(OC)c(OC)c1)C(=O)COC(=O)CSc1ccc2c(c1)CCC2. The normalized spacial score (nSPS) is 12.2. The second-order valence-corrected chi connectivity index (χ2v) is 8.38. The van der Waals surface area contributed by atoms with Gasteiger partial charge in [0.05, 0.1) is 20.0 Å². The third kappa shape index (κ3) is 6.17. The van der Waals surface area contributed by atoms with Gasteiger partial charge in [0, 0.05) is 18.0 Å². The van der Waals surface area contributed by atoms with E-state index in [2.05, 4.69) is 18.2 Å². The Bertz CT molecular complexity index is 930. The second-order valence-electron chi connectivity index (χ2n) is 7.33. The third-order valence-corrected chi connectivity index (χ3v) is 6.31. The maximum Gasteiger partial charge on any atom is 0.316 e. The fourth-order valence-electron chi connectivity index (χ4n) is 3.63. The molecule has 0 atom stereocenters. The number of rotatable bonds is 10. The van der Waals surface area contributed by atoms with Gasteiger partial charge >= 0.3 is 5.97 Å². The molecule has 0 bridgehead atoms. The Morgan fingerprint density at radius 3 is 2.52 bits per heavy atom. The molecule has 0 unspecified atom stereocenters. The fourth-order valence-corrected chi connectivity index (χ4v) is 4.39. The highest BCUT2D eigenvalue weighted by molar-refractivity contribution is 8.00. The number of aryl methyl sites for hydroxylation is 2. The first-order chi connectivity index (χ1) is 15.0. The quantitative estimate of drug-likeness (QED) is 0.410. The Hall–Kier alpha value is -2.67. The van der Waals surface area contributed by atoms with Crippen LogP contribution in [0, 0.1) is 0 Å². The van der Waals surface area contributed by atoms with Crippen LogP contribution in [0.15, 0.2) is 41.3 Å². The number of esters is 1. The van der Waals surface area contributed by atoms with Crippen LogP contribution < -0.4 is 9.47 Å². The lowest BCUT2D eigenvalue weighted by Gasteiger charge is -2.21. The van der Waals surface area contributed by atoms with E-state index in [0.717, 1.165) is 23.3 Å². The average molecular weight is 444 g/mol. The minimum Gasteiger partial charge on any atom is -0.493 e. The summed E-state index contributed by atoms with van der Waals surface area (Å²) in [7, 11) is 3.15. The van der Waals surface area contributed by atoms with Gasteiger partial charge in [-0.05, 0) is 67.1 Å². The van der Waals surface area contributed by atoms with E-state index < -0.39 is 0 Å². The van der Waals surface area contributed by atoms with Gasteiger partial charge in [-0.3, -0.25) is 9.59 Å². The molecule has 166 valence electrons. The highest BCUT2D eigenvalue weighted by atomic mass is 32.2. The molecule has 0 aliphatic heterocycles. The highest BCUT2D eigenvalue weighted by Crippen LogP contribution is 2.29. The van der Waals surface area contributed by atoms with E-state index >= 15 is 0 Å². The molecular weight excluding hydrogens is 414 g/mol. The van der Waals surface area contributed by atoms with Gasteiger partial charge in [0.1, 0.15) is 0 Å². The van der Waals surface area contributed by atoms with Crippen molar-refractivity contribution in [2.45, 2.75) is 37.6 Å². The summed E-state index contributed by atoms with van der Waals surface area (Å²) in [5.41, 5.74) is 3.69. The molecule has 0 spiro atoms. The van der Waals surface area contributed by atoms with Gasteiger partial charge in [0.25, 0.3) is 5.91 Å². The number of methoxy groups -OCH3 is 2. The number of fused-ring (bicyclic) bond motifs is 1. The molecule has 0 aromatic heterocycles. The Kier molecular flexibility index (Phi) is 8.23. The fraction of sp³-hybridized carbons (Fsp3) is 0.417. The molecule has 6 nitrogen and oxygen atoms in total. The van der Waals surface area contributed by atoms with E-state index in [-0.39, 0.29) is 24.2 Å². The van der Waals surface area contributed by atoms with Gasteiger partial charge in [-0.1, -0.05) is 12.1 Å². The molecule has 0 fully saturated rings. The largest absolute Gasteiger partial charge is 0.493 e. The van der Waals surface area contributed by atoms with Crippen LogP contribution in [0.25, 0.3) is 0 Å². The molecule has 3 rings (SSSR count). The monoisotopic (exact) mass is 443 g/mol. The van der Waals surface area contributed by atoms with Crippen molar-refractivity contribution in [2.24, 2.45) is 0 Å². The second kappa shape index (κ2) is 11.1. The lowest BCUT2D eigenvalue weighted by Crippen LogP contribution is -2.34. The minimum absolute atomic E-state index is 0.188. The highest BCUT2D eigenvalue weighted by Gasteiger charge is 2.17. The lowest BCUT2D eigenvalue weighted by molar-refractivity contribution is -0.150. The zero-order valence-corrected chi connectivity index (χ0v) is 19.1. The van der Waals surface area contributed by atoms with E-state index in [0.29, 0.717) is 24.6 Å². The van der Waals surface area contributed by atoms with E-state index in [1.165, 1.54) is 29.3 Å². The Labute approximate surface area is 187 Å². The summed E-state index contributed by atoms with van der Waals surface area (Å²) in [5, 5.41) is 0. The van der Waals surface area contributed by atoms with Crippen molar-refractivity contribution in [3.8, 4) is 11.5 Å². The van der Waals surface area contributed by atoms with E-state index in [1.54, 1.807) is 19.1 Å². The molecule has 7 heteroatoms. The van der Waals surface area contributed by atoms with Crippen LogP contribution in [0.1, 0.15) is 30.0 Å². The zero-order chi connectivity index (χ0) is 22.2. The summed E-state index contributed by atoms with van der Waals surface area (Å²) in [6, 6.07) is 11.9. The maximum atomic E-state index is 12.5. The molecular formula is C24H29NO5S. The van der Waals surface area contributed by atoms with Crippen LogP contribution >= 0.6 is 11.8 Å². The van der Waals surface area contributed by atoms with Gasteiger partial charge in [0.15, 0.2) is 18.1 Å². The molecule has 0 saturated carbocycles. The molecule has 1 aliphatic carbocycles. The molecule has 0 heterocycles. The number of likely N-dealkylation sites (N-methyl/N-ethyl adjacent to an activating group) is 1. The van der Waals surface area contributed by atoms with Crippen molar-refractivity contribution in [1.29, 1.82) is 0 Å². The van der Waals surface area contributed by atoms with Crippen LogP contribution in [0.4, 0.5) is 0 Å². The van der Waals surface area contributed by atoms with Crippen LogP contribution in [-0.4, -0.2) is 49.9 Å². The van der Waals surface area contributed by atoms with Crippen molar-refractivity contribution in [2.75, 3.05) is 33.1 Å². The molecule has 1 aliphatic rings. The van der Waals surface area contributed by atoms with E-state index in [4.69, 9.17) is 14.2 Å². The number of hydrogen-bond acceptors (Lipinski definition) is 6. The number of hydrogen-bond donors (Lipinski definition) is 0. The third-order valence-electron chi connectivity index (χ3n) is 5.34. The first kappa shape index (κ1) is 23.0. The lowest BCUT2D eigenvalue weighted by atomic mass is 10.1. The van der Waals surface area contributed by atoms with Crippen LogP contribution in [0.5, 0.6) is 11.5 Å². The number of nitrogens with zero attached hydrogens (tertiary/aromatic N) is 1. The van der Waals surface area contributed by atoms with Crippen LogP contribution in [0.3, 0.4) is 0 Å². The summed E-state index contributed by atoms with van der Waals surface area (Å²) in [4.78, 5) is 27.4. The number of benzene rings is 2. The first-order valence-corrected chi connectivity index (χ1v) is 11.4. The number of amides is 1. The standard InChI is InChI=1S/C24H29NO5S/c1-4-25(14-17-8-11-21(28-2)22(12-17)29-3)23(26)15-30-24(27)16-31-20-10-9-18-6-5-7-19(18)13-20/h8-13H,4-7,14-16H2,1-3H3. The van der Waals surface area contributed by atoms with Crippen molar-refractivity contribution in [3.05, 3.63) is 53.1 Å². The van der Waals surface area contributed by atoms with Crippen molar-refractivity contribution in [1.82, 2.24) is 4.90 Å². The summed E-state index contributed by atoms with van der Waals surface area (Å²) >= 11 is 1.45. The molecule has 0 saturated heterocycles. The molecule has 0 radical (unpaired) electrons. The smallest absolute Gasteiger partial charge is 0.316 e. The number of ether oxygens (including phenoxy) is 3. The Balaban J connectivity index is 1.47. The zero-order valence-electron chi connectivity index (χ0n) is 18.3. The maximum absolute atomic E-state index is 12.5. The van der Waals surface area contributed by atoms with Gasteiger partial charge in [-0.15, -0.1) is 11.8 Å². The number of carbonyl (C=O) groups excluding carboxylic acids is 2. The molecule has 2 aromatic rings. The summed E-state index contributed by atoms with van der Waals surface area (Å²) in [5.74, 6) is 0.816. The van der Waals surface area contributed by atoms with Crippen molar-refractivity contribution >= 4 is 23.6 Å². The Morgan fingerprint density at radius 2 is 1.77 bits per heavy atom. The first-order valence-electron chi connectivity index (χ1n) is 10.4. The predicted octanol–water partition coefficient (Wildman–Crippen LogP) is 3.88. The van der Waals surface area contributed by atoms with Crippen molar-refractivity contribution in [3.63, 3.8) is 0 Å². The summed E-state index contributed by atoms with van der Waals surface area (Å²) < 4.78 is 15.8. The van der Waals surface area contributed by atoms with Gasteiger partial charge in [-0.2, -0.15) is 0 Å². The van der Waals surface area contributed by atoms with E-state index in [1.807, 2.05) is 25.1 Å². The number of carbonyl (C=O) groups is 2. The molecule has 2 aromatic carbocycles. The Morgan fingerprint density at radius 1 is 1.00 bits per heavy atom. The van der Waals surface area contributed by atoms with Crippen LogP contribution in [0.2, 0.25) is 0 Å². The van der Waals surface area contributed by atoms with Crippen molar-refractivity contribution < 1.29 is 23.8 Å². The molecule has 1 amide bonds. The topological polar surface area (TPSA) is 65.1 Å². The summed E-state index contributed by atoms with van der Waals surface area (Å²) in [6.45, 7) is 2.54. The number of thioether (sulfide) groups is 1. The van der Waals surface area contributed by atoms with Gasteiger partial charge in [0.2, 0.25) is 0 Å². The van der Waals surface area contributed by atoms with E-state index in [9.17, 15) is 9.59 Å². The minimum atomic E-state index is -0.388. The molecule has 0 N–H and O–H groups in total. The predicted molar refractivity (Wildman–Crippen MR) is 121 cm³/mol. The molecule has 31 heavy (non-hydrogen) atoms. The van der Waals surface area contributed by atoms with Gasteiger partial charge in [-0.25, -0.2) is 0 Å². The summed E-state index contributed by atoms with van der Waals surface area (Å²) in [6.07, 6.45) is 3.45. The van der Waals surface area contributed by atoms with Gasteiger partial charge < -0.3 is 19.1 Å².